The zero-order valence-corrected chi connectivity index (χ0v) is 51.5. The van der Waals surface area contributed by atoms with Crippen molar-refractivity contribution in [2.24, 2.45) is 0 Å². The molecule has 0 amide bonds. The van der Waals surface area contributed by atoms with Crippen molar-refractivity contribution in [3.8, 4) is 0 Å². The molecule has 12 unspecified atom stereocenters. The zero-order valence-electron chi connectivity index (χ0n) is 45.1. The number of carbonyl (C=O) groups is 3. The Kier molecular flexibility index (Phi) is 19.1. The molecule has 3 N–H and O–H groups in total. The van der Waals surface area contributed by atoms with Crippen LogP contribution in [0.25, 0.3) is 0 Å². The molecule has 9 fully saturated rings. The van der Waals surface area contributed by atoms with E-state index in [0.717, 1.165) is 63.1 Å². The van der Waals surface area contributed by atoms with E-state index in [9.17, 15) is 29.7 Å². The van der Waals surface area contributed by atoms with E-state index in [1.54, 1.807) is 12.1 Å². The number of benzene rings is 2. The Morgan fingerprint density at radius 1 is 0.551 bits per heavy atom. The number of morpholine rings is 3. The summed E-state index contributed by atoms with van der Waals surface area (Å²) in [5.74, 6) is -2.37. The number of carbonyl (C=O) groups excluding carboxylic acids is 3. The average Bonchev–Trinajstić information content (AvgIpc) is 4.44. The number of fused-ring (bicyclic) bond motifs is 15. The molecule has 78 heavy (non-hydrogen) atoms. The van der Waals surface area contributed by atoms with Gasteiger partial charge >= 0.3 is 17.9 Å². The van der Waals surface area contributed by atoms with Gasteiger partial charge in [-0.15, -0.1) is 22.7 Å². The number of piperidine rings is 3. The molecular weight excluding hydrogens is 1230 g/mol. The van der Waals surface area contributed by atoms with Gasteiger partial charge in [-0.3, -0.25) is 9.59 Å². The molecule has 9 aliphatic rings. The van der Waals surface area contributed by atoms with Gasteiger partial charge in [-0.1, -0.05) is 86.1 Å². The van der Waals surface area contributed by atoms with Crippen LogP contribution in [0, 0.1) is 0 Å². The molecule has 15 nitrogen and oxygen atoms in total. The number of hydrogen-bond acceptors (Lipinski definition) is 14. The van der Waals surface area contributed by atoms with Gasteiger partial charge < -0.3 is 108 Å². The van der Waals surface area contributed by atoms with Gasteiger partial charge in [0.15, 0.2) is 0 Å². The summed E-state index contributed by atoms with van der Waals surface area (Å²) in [5, 5.41) is 34.4. The summed E-state index contributed by atoms with van der Waals surface area (Å²) < 4.78 is 38.0. The van der Waals surface area contributed by atoms with Crippen LogP contribution < -0.4 is 50.9 Å². The molecule has 0 saturated carbocycles. The molecule has 6 bridgehead atoms. The number of aliphatic hydroxyl groups excluding tert-OH is 2. The first-order valence-electron chi connectivity index (χ1n) is 27.2. The lowest BCUT2D eigenvalue weighted by Crippen LogP contribution is -3.00. The normalized spacial score (nSPS) is 35.4. The molecule has 428 valence electrons. The molecule has 2 aromatic heterocycles. The molecule has 0 radical (unpaired) electrons. The minimum absolute atomic E-state index is 0. The maximum absolute atomic E-state index is 13.1. The zero-order chi connectivity index (χ0) is 52.6. The number of esters is 3. The molecule has 4 aromatic rings. The van der Waals surface area contributed by atoms with Crippen LogP contribution >= 0.6 is 22.7 Å². The second-order valence-corrected chi connectivity index (χ2v) is 25.7. The summed E-state index contributed by atoms with van der Waals surface area (Å²) in [7, 11) is 11.4. The fraction of sp³-hybridized carbons (Fsp3) is 0.603. The van der Waals surface area contributed by atoms with Gasteiger partial charge in [0.05, 0.1) is 64.8 Å². The third-order valence-electron chi connectivity index (χ3n) is 19.1. The predicted octanol–water partition coefficient (Wildman–Crippen LogP) is -3.35. The van der Waals surface area contributed by atoms with Crippen molar-refractivity contribution in [1.82, 2.24) is 0 Å². The lowest BCUT2D eigenvalue weighted by Gasteiger charge is -2.48. The van der Waals surface area contributed by atoms with Crippen molar-refractivity contribution >= 4 is 40.6 Å². The molecule has 0 aliphatic carbocycles. The largest absolute Gasteiger partial charge is 1.00 e. The van der Waals surface area contributed by atoms with E-state index < -0.39 is 23.4 Å². The maximum Gasteiger partial charge on any atom is 0.349 e. The number of nitrogens with zero attached hydrogens (tertiary/aromatic N) is 3. The van der Waals surface area contributed by atoms with Crippen molar-refractivity contribution in [3.05, 3.63) is 117 Å². The summed E-state index contributed by atoms with van der Waals surface area (Å²) in [4.78, 5) is 39.5. The minimum atomic E-state index is -1.72. The van der Waals surface area contributed by atoms with Crippen LogP contribution in [0.4, 0.5) is 0 Å². The lowest BCUT2D eigenvalue weighted by molar-refractivity contribution is -0.956. The van der Waals surface area contributed by atoms with E-state index in [0.29, 0.717) is 82.6 Å². The number of quaternary nitrogens is 3. The van der Waals surface area contributed by atoms with Crippen LogP contribution in [0.2, 0.25) is 0 Å². The monoisotopic (exact) mass is 1310 g/mol. The third kappa shape index (κ3) is 11.3. The summed E-state index contributed by atoms with van der Waals surface area (Å²) in [5.41, 5.74) is -0.0996. The van der Waals surface area contributed by atoms with E-state index in [-0.39, 0.29) is 94.4 Å². The van der Waals surface area contributed by atoms with Crippen molar-refractivity contribution in [2.75, 3.05) is 55.0 Å². The first-order valence-corrected chi connectivity index (χ1v) is 29.0. The van der Waals surface area contributed by atoms with Crippen LogP contribution in [0.15, 0.2) is 95.7 Å². The van der Waals surface area contributed by atoms with Gasteiger partial charge in [-0.25, -0.2) is 4.79 Å². The minimum Gasteiger partial charge on any atom is -1.00 e. The lowest BCUT2D eigenvalue weighted by atomic mass is 9.94. The first kappa shape index (κ1) is 61.4. The fourth-order valence-electron chi connectivity index (χ4n) is 14.6. The van der Waals surface area contributed by atoms with Gasteiger partial charge in [0.25, 0.3) is 0 Å². The van der Waals surface area contributed by atoms with Gasteiger partial charge in [0.1, 0.15) is 103 Å². The molecule has 0 spiro atoms. The second kappa shape index (κ2) is 24.3. The molecule has 9 saturated heterocycles. The number of hydrogen-bond donors (Lipinski definition) is 3. The highest BCUT2D eigenvalue weighted by Gasteiger charge is 2.73. The number of unbranched alkanes of at least 4 members (excludes halogenated alkanes) is 1. The highest BCUT2D eigenvalue weighted by atomic mass is 79.9. The standard InChI is InChI=1S/C21H30NO4.C19H22NO4S2.C18H24NO4.3BrH/c1-3-4-10-22(2)17-11-15(12-18(22)20-19(17)26-20)25-21(24)16(13-23)14-8-6-5-7-9-14;1-20(2)12-9-11(10-13(20)17-16(12)24-17)23-18(21)19(22,14-5-3-7-25-14)15-6-4-8-26-15;1-19(2)14-8-12(9-15(19)17-16(14)23-17)22-18(21)13(10-20)11-6-4-3-5-7-11;;;/h5-9,15-20,23H,3-4,10-13H2,1-2H3;3-8,11-13,16-17,22H,9-10H2,1-2H3;3-7,12-17,20H,8-10H2,1-2H3;3*1H/q3*+1;;;/p-3/t15?,16?,17-,18?,19+,20?,22?;11?,12-,13?,16+,17?;12?,13?,14-,15?,16+,17?;;;/m000.../s1. The Hall–Kier alpha value is -2.67. The number of rotatable bonds is 15. The molecule has 20 heteroatoms. The smallest absolute Gasteiger partial charge is 0.349 e. The van der Waals surface area contributed by atoms with Gasteiger partial charge in [0.2, 0.25) is 5.60 Å². The average molecular weight is 1310 g/mol. The van der Waals surface area contributed by atoms with Crippen LogP contribution in [0.3, 0.4) is 0 Å². The SMILES string of the molecule is CCCC[N+]1(C)C2CC(OC(=O)C(CO)c3ccccc3)C[C@H]1[C@H]1OC21.C[N+]1(C)C2CC(OC(=O)C(CO)c3ccccc3)C[C@H]1[C@H]1OC21.C[N+]1(C)C2CC(OC(=O)C(O)(c3cccs3)c3cccs3)C[C@H]1[C@H]1OC21.[Br-].[Br-].[Br-]. The Morgan fingerprint density at radius 3 is 1.23 bits per heavy atom. The predicted molar refractivity (Wildman–Crippen MR) is 280 cm³/mol. The Morgan fingerprint density at radius 2 is 0.897 bits per heavy atom. The van der Waals surface area contributed by atoms with E-state index in [4.69, 9.17) is 28.4 Å². The van der Waals surface area contributed by atoms with Gasteiger partial charge in [0, 0.05) is 38.5 Å². The Labute approximate surface area is 498 Å². The van der Waals surface area contributed by atoms with E-state index >= 15 is 0 Å². The number of thiophene rings is 2. The number of likely N-dealkylation sites (N-methyl/N-ethyl adjacent to an activating group) is 3. The van der Waals surface area contributed by atoms with Crippen molar-refractivity contribution in [3.63, 3.8) is 0 Å². The molecule has 13 rings (SSSR count). The summed E-state index contributed by atoms with van der Waals surface area (Å²) in [6.07, 6.45) is 9.22. The molecule has 2 aromatic carbocycles. The van der Waals surface area contributed by atoms with E-state index in [1.165, 1.54) is 42.1 Å². The number of halogens is 3. The molecule has 9 aliphatic heterocycles. The topological polar surface area (TPSA) is 177 Å². The third-order valence-corrected chi connectivity index (χ3v) is 21.1. The van der Waals surface area contributed by atoms with Gasteiger partial charge in [-0.05, 0) is 40.4 Å². The van der Waals surface area contributed by atoms with E-state index in [2.05, 4.69) is 42.2 Å². The molecule has 11 heterocycles. The summed E-state index contributed by atoms with van der Waals surface area (Å²) in [6, 6.07) is 28.5. The number of ether oxygens (including phenoxy) is 6. The Balaban J connectivity index is 0.000000152. The molecular formula is C58H76Br3N3O12S2. The summed E-state index contributed by atoms with van der Waals surface area (Å²) in [6.45, 7) is 2.98. The number of epoxide rings is 3. The van der Waals surface area contributed by atoms with Gasteiger partial charge in [-0.2, -0.15) is 0 Å². The van der Waals surface area contributed by atoms with Crippen LogP contribution in [-0.4, -0.2) is 193 Å². The maximum atomic E-state index is 13.1. The van der Waals surface area contributed by atoms with Crippen molar-refractivity contribution < 1.29 is 123 Å². The van der Waals surface area contributed by atoms with Crippen molar-refractivity contribution in [1.29, 1.82) is 0 Å². The Bertz CT molecular complexity index is 2560. The second-order valence-electron chi connectivity index (χ2n) is 23.8. The highest BCUT2D eigenvalue weighted by molar-refractivity contribution is 7.12. The number of aliphatic hydroxyl groups is 3. The highest BCUT2D eigenvalue weighted by Crippen LogP contribution is 2.55. The fourth-order valence-corrected chi connectivity index (χ4v) is 16.3. The van der Waals surface area contributed by atoms with Crippen LogP contribution in [-0.2, 0) is 48.4 Å². The first-order chi connectivity index (χ1) is 36.0. The van der Waals surface area contributed by atoms with Crippen LogP contribution in [0.1, 0.15) is 91.0 Å². The van der Waals surface area contributed by atoms with Crippen LogP contribution in [0.5, 0.6) is 0 Å². The van der Waals surface area contributed by atoms with Crippen molar-refractivity contribution in [2.45, 2.75) is 167 Å². The van der Waals surface area contributed by atoms with E-state index in [1.807, 2.05) is 83.6 Å². The quantitative estimate of drug-likeness (QED) is 0.0468. The summed E-state index contributed by atoms with van der Waals surface area (Å²) >= 11 is 2.74. The molecule has 18 atom stereocenters.